The Kier molecular flexibility index (Phi) is 2.23. The molecule has 62 valence electrons. The zero-order valence-corrected chi connectivity index (χ0v) is 7.72. The standard InChI is InChI=1S/C10H17N/c1-8(9-4-5-9)6-10(2,3)7-11/h8-9H,4-6H2,1-3H3. The minimum absolute atomic E-state index is 0.109. The molecule has 1 heteroatoms. The third-order valence-corrected chi connectivity index (χ3v) is 2.56. The van der Waals surface area contributed by atoms with Gasteiger partial charge >= 0.3 is 0 Å². The van der Waals surface area contributed by atoms with E-state index in [0.717, 1.165) is 18.3 Å². The number of nitrogens with zero attached hydrogens (tertiary/aromatic N) is 1. The van der Waals surface area contributed by atoms with Crippen LogP contribution >= 0.6 is 0 Å². The van der Waals surface area contributed by atoms with E-state index in [1.165, 1.54) is 12.8 Å². The van der Waals surface area contributed by atoms with E-state index in [9.17, 15) is 0 Å². The van der Waals surface area contributed by atoms with E-state index < -0.39 is 0 Å². The predicted molar refractivity (Wildman–Crippen MR) is 45.9 cm³/mol. The van der Waals surface area contributed by atoms with Crippen LogP contribution in [-0.2, 0) is 0 Å². The first-order valence-corrected chi connectivity index (χ1v) is 4.46. The van der Waals surface area contributed by atoms with Gasteiger partial charge in [0.25, 0.3) is 0 Å². The van der Waals surface area contributed by atoms with Gasteiger partial charge in [0.2, 0.25) is 0 Å². The summed E-state index contributed by atoms with van der Waals surface area (Å²) in [7, 11) is 0. The summed E-state index contributed by atoms with van der Waals surface area (Å²) in [4.78, 5) is 0. The van der Waals surface area contributed by atoms with Crippen molar-refractivity contribution in [3.8, 4) is 6.07 Å². The summed E-state index contributed by atoms with van der Waals surface area (Å²) < 4.78 is 0. The van der Waals surface area contributed by atoms with Crippen molar-refractivity contribution in [1.29, 1.82) is 5.26 Å². The SMILES string of the molecule is CC(CC(C)(C)C#N)C1CC1. The Balaban J connectivity index is 2.34. The normalized spacial score (nSPS) is 20.9. The lowest BCUT2D eigenvalue weighted by Crippen LogP contribution is -2.14. The smallest absolute Gasteiger partial charge is 0.0684 e. The van der Waals surface area contributed by atoms with E-state index in [2.05, 4.69) is 13.0 Å². The zero-order chi connectivity index (χ0) is 8.48. The quantitative estimate of drug-likeness (QED) is 0.608. The van der Waals surface area contributed by atoms with Gasteiger partial charge in [0, 0.05) is 0 Å². The third-order valence-electron chi connectivity index (χ3n) is 2.56. The molecule has 0 aromatic rings. The average Bonchev–Trinajstić information content (AvgIpc) is 2.67. The van der Waals surface area contributed by atoms with Gasteiger partial charge in [-0.15, -0.1) is 0 Å². The maximum absolute atomic E-state index is 8.80. The molecule has 1 nitrogen and oxygen atoms in total. The highest BCUT2D eigenvalue weighted by Gasteiger charge is 2.31. The maximum Gasteiger partial charge on any atom is 0.0684 e. The summed E-state index contributed by atoms with van der Waals surface area (Å²) in [6, 6.07) is 2.35. The number of hydrogen-bond donors (Lipinski definition) is 0. The van der Waals surface area contributed by atoms with Gasteiger partial charge in [0.1, 0.15) is 0 Å². The molecule has 1 atom stereocenters. The number of nitriles is 1. The Morgan fingerprint density at radius 1 is 1.55 bits per heavy atom. The second-order valence-corrected chi connectivity index (χ2v) is 4.51. The van der Waals surface area contributed by atoms with Crippen molar-refractivity contribution >= 4 is 0 Å². The number of hydrogen-bond acceptors (Lipinski definition) is 1. The van der Waals surface area contributed by atoms with E-state index in [0.29, 0.717) is 0 Å². The first-order valence-electron chi connectivity index (χ1n) is 4.46. The van der Waals surface area contributed by atoms with Crippen molar-refractivity contribution in [1.82, 2.24) is 0 Å². The summed E-state index contributed by atoms with van der Waals surface area (Å²) in [5.74, 6) is 1.69. The molecule has 0 radical (unpaired) electrons. The van der Waals surface area contributed by atoms with Crippen LogP contribution in [0.3, 0.4) is 0 Å². The molecular weight excluding hydrogens is 134 g/mol. The first-order chi connectivity index (χ1) is 5.05. The van der Waals surface area contributed by atoms with Crippen LogP contribution in [0.1, 0.15) is 40.0 Å². The molecule has 0 aromatic heterocycles. The molecule has 1 fully saturated rings. The van der Waals surface area contributed by atoms with Crippen LogP contribution in [0.2, 0.25) is 0 Å². The van der Waals surface area contributed by atoms with Gasteiger partial charge in [-0.1, -0.05) is 6.92 Å². The molecule has 1 aliphatic carbocycles. The molecule has 0 amide bonds. The van der Waals surface area contributed by atoms with E-state index in [1.807, 2.05) is 13.8 Å². The topological polar surface area (TPSA) is 23.8 Å². The molecule has 11 heavy (non-hydrogen) atoms. The molecule has 0 aliphatic heterocycles. The molecule has 0 heterocycles. The van der Waals surface area contributed by atoms with E-state index in [4.69, 9.17) is 5.26 Å². The summed E-state index contributed by atoms with van der Waals surface area (Å²) >= 11 is 0. The zero-order valence-electron chi connectivity index (χ0n) is 7.72. The van der Waals surface area contributed by atoms with Crippen molar-refractivity contribution in [2.24, 2.45) is 17.3 Å². The van der Waals surface area contributed by atoms with Crippen molar-refractivity contribution in [3.63, 3.8) is 0 Å². The van der Waals surface area contributed by atoms with Crippen LogP contribution in [0.5, 0.6) is 0 Å². The Hall–Kier alpha value is -0.510. The molecule has 1 unspecified atom stereocenters. The average molecular weight is 151 g/mol. The van der Waals surface area contributed by atoms with Crippen LogP contribution in [-0.4, -0.2) is 0 Å². The van der Waals surface area contributed by atoms with E-state index >= 15 is 0 Å². The van der Waals surface area contributed by atoms with Crippen molar-refractivity contribution in [2.45, 2.75) is 40.0 Å². The largest absolute Gasteiger partial charge is 0.198 e. The molecule has 1 rings (SSSR count). The molecule has 0 bridgehead atoms. The summed E-state index contributed by atoms with van der Waals surface area (Å²) in [5.41, 5.74) is -0.109. The Morgan fingerprint density at radius 3 is 2.45 bits per heavy atom. The second kappa shape index (κ2) is 2.85. The van der Waals surface area contributed by atoms with Crippen LogP contribution in [0.4, 0.5) is 0 Å². The molecule has 1 aliphatic rings. The van der Waals surface area contributed by atoms with E-state index in [-0.39, 0.29) is 5.41 Å². The lowest BCUT2D eigenvalue weighted by molar-refractivity contribution is 0.331. The van der Waals surface area contributed by atoms with E-state index in [1.54, 1.807) is 0 Å². The Labute approximate surface area is 69.4 Å². The van der Waals surface area contributed by atoms with Crippen molar-refractivity contribution < 1.29 is 0 Å². The minimum Gasteiger partial charge on any atom is -0.198 e. The highest BCUT2D eigenvalue weighted by Crippen LogP contribution is 2.41. The van der Waals surface area contributed by atoms with Gasteiger partial charge in [-0.3, -0.25) is 0 Å². The van der Waals surface area contributed by atoms with Gasteiger partial charge < -0.3 is 0 Å². The molecular formula is C10H17N. The van der Waals surface area contributed by atoms with Crippen LogP contribution in [0.25, 0.3) is 0 Å². The monoisotopic (exact) mass is 151 g/mol. The number of rotatable bonds is 3. The molecule has 0 saturated heterocycles. The molecule has 1 saturated carbocycles. The van der Waals surface area contributed by atoms with Crippen LogP contribution < -0.4 is 0 Å². The first kappa shape index (κ1) is 8.59. The second-order valence-electron chi connectivity index (χ2n) is 4.51. The van der Waals surface area contributed by atoms with Crippen LogP contribution in [0.15, 0.2) is 0 Å². The summed E-state index contributed by atoms with van der Waals surface area (Å²) in [5, 5.41) is 8.80. The Morgan fingerprint density at radius 2 is 2.09 bits per heavy atom. The minimum atomic E-state index is -0.109. The molecule has 0 N–H and O–H groups in total. The highest BCUT2D eigenvalue weighted by atomic mass is 14.4. The lowest BCUT2D eigenvalue weighted by Gasteiger charge is -2.19. The molecule has 0 spiro atoms. The predicted octanol–water partition coefficient (Wildman–Crippen LogP) is 2.97. The fraction of sp³-hybridized carbons (Fsp3) is 0.900. The van der Waals surface area contributed by atoms with Gasteiger partial charge in [0.15, 0.2) is 0 Å². The maximum atomic E-state index is 8.80. The van der Waals surface area contributed by atoms with Gasteiger partial charge in [-0.05, 0) is 44.9 Å². The van der Waals surface area contributed by atoms with Crippen molar-refractivity contribution in [2.75, 3.05) is 0 Å². The summed E-state index contributed by atoms with van der Waals surface area (Å²) in [6.45, 7) is 6.34. The van der Waals surface area contributed by atoms with Gasteiger partial charge in [-0.2, -0.15) is 5.26 Å². The lowest BCUT2D eigenvalue weighted by atomic mass is 9.83. The third kappa shape index (κ3) is 2.54. The Bertz CT molecular complexity index is 172. The highest BCUT2D eigenvalue weighted by molar-refractivity contribution is 4.94. The molecule has 0 aromatic carbocycles. The summed E-state index contributed by atoms with van der Waals surface area (Å²) in [6.07, 6.45) is 3.85. The van der Waals surface area contributed by atoms with Gasteiger partial charge in [0.05, 0.1) is 11.5 Å². The van der Waals surface area contributed by atoms with Crippen LogP contribution in [0, 0.1) is 28.6 Å². The van der Waals surface area contributed by atoms with Gasteiger partial charge in [-0.25, -0.2) is 0 Å². The fourth-order valence-corrected chi connectivity index (χ4v) is 1.68. The fourth-order valence-electron chi connectivity index (χ4n) is 1.68. The van der Waals surface area contributed by atoms with Crippen molar-refractivity contribution in [3.05, 3.63) is 0 Å².